The molecule has 148 valence electrons. The summed E-state index contributed by atoms with van der Waals surface area (Å²) in [6.07, 6.45) is 1.78. The van der Waals surface area contributed by atoms with Crippen LogP contribution in [-0.4, -0.2) is 40.3 Å². The lowest BCUT2D eigenvalue weighted by atomic mass is 10.1. The first-order chi connectivity index (χ1) is 13.3. The molecule has 1 saturated carbocycles. The zero-order chi connectivity index (χ0) is 20.3. The Kier molecular flexibility index (Phi) is 5.72. The van der Waals surface area contributed by atoms with E-state index in [2.05, 4.69) is 15.7 Å². The molecule has 0 unspecified atom stereocenters. The minimum absolute atomic E-state index is 0.0499. The molecule has 1 aliphatic rings. The largest absolute Gasteiger partial charge is 0.451 e. The van der Waals surface area contributed by atoms with E-state index >= 15 is 0 Å². The molecule has 0 aliphatic heterocycles. The molecule has 3 amide bonds. The third-order valence-corrected chi connectivity index (χ3v) is 4.10. The number of nitrogens with one attached hydrogen (secondary N) is 2. The van der Waals surface area contributed by atoms with Crippen molar-refractivity contribution in [2.75, 3.05) is 6.61 Å². The molecule has 0 radical (unpaired) electrons. The summed E-state index contributed by atoms with van der Waals surface area (Å²) in [6, 6.07) is 6.09. The molecular formula is C19H22N4O5. The van der Waals surface area contributed by atoms with Crippen LogP contribution in [0.25, 0.3) is 10.8 Å². The van der Waals surface area contributed by atoms with Crippen molar-refractivity contribution in [1.29, 1.82) is 0 Å². The molecule has 1 fully saturated rings. The average molecular weight is 386 g/mol. The lowest BCUT2D eigenvalue weighted by molar-refractivity contribution is -0.123. The van der Waals surface area contributed by atoms with Gasteiger partial charge >= 0.3 is 12.0 Å². The van der Waals surface area contributed by atoms with E-state index in [9.17, 15) is 19.2 Å². The van der Waals surface area contributed by atoms with Crippen molar-refractivity contribution in [2.45, 2.75) is 39.3 Å². The van der Waals surface area contributed by atoms with Crippen LogP contribution in [0.5, 0.6) is 0 Å². The van der Waals surface area contributed by atoms with Gasteiger partial charge in [0.15, 0.2) is 12.3 Å². The maximum atomic E-state index is 12.6. The van der Waals surface area contributed by atoms with Gasteiger partial charge in [-0.15, -0.1) is 0 Å². The first-order valence-electron chi connectivity index (χ1n) is 9.12. The van der Waals surface area contributed by atoms with Crippen molar-refractivity contribution in [3.63, 3.8) is 0 Å². The predicted octanol–water partition coefficient (Wildman–Crippen LogP) is 1.20. The van der Waals surface area contributed by atoms with Crippen molar-refractivity contribution >= 4 is 28.7 Å². The van der Waals surface area contributed by atoms with Crippen molar-refractivity contribution in [2.24, 2.45) is 5.92 Å². The Labute approximate surface area is 161 Å². The number of urea groups is 1. The number of imide groups is 1. The molecule has 0 atom stereocenters. The van der Waals surface area contributed by atoms with Gasteiger partial charge in [-0.05, 0) is 24.8 Å². The highest BCUT2D eigenvalue weighted by Gasteiger charge is 2.24. The van der Waals surface area contributed by atoms with Crippen LogP contribution < -0.4 is 16.2 Å². The van der Waals surface area contributed by atoms with Crippen molar-refractivity contribution in [1.82, 2.24) is 20.4 Å². The highest BCUT2D eigenvalue weighted by atomic mass is 16.5. The molecule has 28 heavy (non-hydrogen) atoms. The quantitative estimate of drug-likeness (QED) is 0.720. The molecule has 9 nitrogen and oxygen atoms in total. The number of nitrogens with zero attached hydrogens (tertiary/aromatic N) is 2. The van der Waals surface area contributed by atoms with Crippen LogP contribution in [0.15, 0.2) is 29.1 Å². The lowest BCUT2D eigenvalue weighted by Crippen LogP contribution is -2.42. The number of hydrogen-bond donors (Lipinski definition) is 2. The van der Waals surface area contributed by atoms with Gasteiger partial charge in [0.25, 0.3) is 11.5 Å². The second-order valence-corrected chi connectivity index (χ2v) is 7.15. The summed E-state index contributed by atoms with van der Waals surface area (Å²) in [5.41, 5.74) is -0.346. The summed E-state index contributed by atoms with van der Waals surface area (Å²) in [5.74, 6) is -1.44. The summed E-state index contributed by atoms with van der Waals surface area (Å²) in [7, 11) is 0. The third kappa shape index (κ3) is 4.73. The van der Waals surface area contributed by atoms with E-state index in [4.69, 9.17) is 4.74 Å². The van der Waals surface area contributed by atoms with Crippen molar-refractivity contribution in [3.05, 3.63) is 40.3 Å². The Bertz CT molecular complexity index is 978. The Morgan fingerprint density at radius 2 is 1.89 bits per heavy atom. The highest BCUT2D eigenvalue weighted by molar-refractivity contribution is 6.03. The van der Waals surface area contributed by atoms with E-state index < -0.39 is 24.5 Å². The highest BCUT2D eigenvalue weighted by Crippen LogP contribution is 2.18. The van der Waals surface area contributed by atoms with Gasteiger partial charge in [0.05, 0.1) is 5.39 Å². The monoisotopic (exact) mass is 386 g/mol. The molecule has 9 heteroatoms. The first kappa shape index (κ1) is 19.5. The number of carbonyl (C=O) groups excluding carboxylic acids is 3. The summed E-state index contributed by atoms with van der Waals surface area (Å²) in [5, 5.41) is 9.54. The number of fused-ring (bicyclic) bond motifs is 1. The summed E-state index contributed by atoms with van der Waals surface area (Å²) in [4.78, 5) is 48.4. The maximum Gasteiger partial charge on any atom is 0.359 e. The van der Waals surface area contributed by atoms with Gasteiger partial charge in [0.1, 0.15) is 0 Å². The summed E-state index contributed by atoms with van der Waals surface area (Å²) >= 11 is 0. The van der Waals surface area contributed by atoms with Gasteiger partial charge in [-0.1, -0.05) is 32.0 Å². The van der Waals surface area contributed by atoms with Crippen LogP contribution in [0, 0.1) is 5.92 Å². The van der Waals surface area contributed by atoms with Gasteiger partial charge in [0.2, 0.25) is 0 Å². The average Bonchev–Trinajstić information content (AvgIpc) is 3.45. The molecular weight excluding hydrogens is 364 g/mol. The van der Waals surface area contributed by atoms with E-state index in [0.717, 1.165) is 12.8 Å². The number of aromatic nitrogens is 2. The Morgan fingerprint density at radius 1 is 1.21 bits per heavy atom. The van der Waals surface area contributed by atoms with Crippen LogP contribution in [0.1, 0.15) is 37.2 Å². The minimum atomic E-state index is -0.841. The number of benzene rings is 1. The molecule has 0 bridgehead atoms. The lowest BCUT2D eigenvalue weighted by Gasteiger charge is -2.12. The number of ether oxygens (including phenoxy) is 1. The normalized spacial score (nSPS) is 13.4. The van der Waals surface area contributed by atoms with E-state index in [-0.39, 0.29) is 23.2 Å². The first-order valence-corrected chi connectivity index (χ1v) is 9.12. The molecule has 3 rings (SSSR count). The second kappa shape index (κ2) is 8.20. The third-order valence-electron chi connectivity index (χ3n) is 4.10. The molecule has 2 aromatic rings. The molecule has 0 spiro atoms. The number of hydrogen-bond acceptors (Lipinski definition) is 6. The zero-order valence-corrected chi connectivity index (χ0v) is 15.7. The van der Waals surface area contributed by atoms with Crippen LogP contribution >= 0.6 is 0 Å². The molecule has 1 aliphatic carbocycles. The fraction of sp³-hybridized carbons (Fsp3) is 0.421. The number of rotatable bonds is 6. The standard InChI is InChI=1S/C19H22N4O5/c1-11(2)9-23-17(25)14-6-4-3-5-13(14)16(22-23)18(26)28-10-15(24)21-19(27)20-12-7-8-12/h3-6,11-12H,7-10H2,1-2H3,(H2,20,21,24,27). The van der Waals surface area contributed by atoms with Gasteiger partial charge < -0.3 is 10.1 Å². The number of esters is 1. The van der Waals surface area contributed by atoms with Gasteiger partial charge in [-0.25, -0.2) is 14.3 Å². The minimum Gasteiger partial charge on any atom is -0.451 e. The van der Waals surface area contributed by atoms with Crippen LogP contribution in [-0.2, 0) is 16.1 Å². The van der Waals surface area contributed by atoms with Gasteiger partial charge in [-0.3, -0.25) is 14.9 Å². The van der Waals surface area contributed by atoms with Crippen LogP contribution in [0.3, 0.4) is 0 Å². The Balaban J connectivity index is 1.74. The molecule has 1 aromatic carbocycles. The molecule has 0 saturated heterocycles. The fourth-order valence-electron chi connectivity index (χ4n) is 2.67. The SMILES string of the molecule is CC(C)Cn1nc(C(=O)OCC(=O)NC(=O)NC2CC2)c2ccccc2c1=O. The van der Waals surface area contributed by atoms with Gasteiger partial charge in [0, 0.05) is 18.0 Å². The molecule has 2 N–H and O–H groups in total. The fourth-order valence-corrected chi connectivity index (χ4v) is 2.67. The Morgan fingerprint density at radius 3 is 2.54 bits per heavy atom. The van der Waals surface area contributed by atoms with E-state index in [1.165, 1.54) is 4.68 Å². The zero-order valence-electron chi connectivity index (χ0n) is 15.7. The number of carbonyl (C=O) groups is 3. The van der Waals surface area contributed by atoms with E-state index in [1.807, 2.05) is 13.8 Å². The second-order valence-electron chi connectivity index (χ2n) is 7.15. The molecule has 1 aromatic heterocycles. The maximum absolute atomic E-state index is 12.6. The van der Waals surface area contributed by atoms with Crippen LogP contribution in [0.2, 0.25) is 0 Å². The Hall–Kier alpha value is -3.23. The molecule has 1 heterocycles. The van der Waals surface area contributed by atoms with Crippen molar-refractivity contribution < 1.29 is 19.1 Å². The summed E-state index contributed by atoms with van der Waals surface area (Å²) < 4.78 is 6.24. The van der Waals surface area contributed by atoms with Gasteiger partial charge in [-0.2, -0.15) is 5.10 Å². The summed E-state index contributed by atoms with van der Waals surface area (Å²) in [6.45, 7) is 3.57. The van der Waals surface area contributed by atoms with E-state index in [1.54, 1.807) is 24.3 Å². The number of amides is 3. The van der Waals surface area contributed by atoms with E-state index in [0.29, 0.717) is 17.3 Å². The smallest absolute Gasteiger partial charge is 0.359 e. The topological polar surface area (TPSA) is 119 Å². The predicted molar refractivity (Wildman–Crippen MR) is 101 cm³/mol. The van der Waals surface area contributed by atoms with Crippen LogP contribution in [0.4, 0.5) is 4.79 Å². The van der Waals surface area contributed by atoms with Crippen molar-refractivity contribution in [3.8, 4) is 0 Å².